The lowest BCUT2D eigenvalue weighted by molar-refractivity contribution is -0.154. The van der Waals surface area contributed by atoms with Crippen LogP contribution in [0.4, 0.5) is 0 Å². The van der Waals surface area contributed by atoms with Crippen molar-refractivity contribution < 1.29 is 24.2 Å². The highest BCUT2D eigenvalue weighted by molar-refractivity contribution is 9.09. The first-order valence-electron chi connectivity index (χ1n) is 15.1. The molecule has 3 fully saturated rings. The zero-order valence-electron chi connectivity index (χ0n) is 24.4. The number of unbranched alkanes of at least 4 members (excludes halogenated alkanes) is 4. The van der Waals surface area contributed by atoms with Crippen molar-refractivity contribution in [2.75, 3.05) is 26.3 Å². The number of halogens is 1. The summed E-state index contributed by atoms with van der Waals surface area (Å²) in [5.74, 6) is -1.95. The molecule has 0 aliphatic carbocycles. The van der Waals surface area contributed by atoms with Crippen LogP contribution in [0.15, 0.2) is 49.6 Å². The van der Waals surface area contributed by atoms with Crippen molar-refractivity contribution in [3.63, 3.8) is 0 Å². The molecule has 3 aliphatic rings. The van der Waals surface area contributed by atoms with Crippen LogP contribution in [-0.2, 0) is 25.8 Å². The summed E-state index contributed by atoms with van der Waals surface area (Å²) < 4.78 is 6.63. The summed E-state index contributed by atoms with van der Waals surface area (Å²) in [5, 5.41) is 17.6. The number of para-hydroxylation sites is 1. The number of nitrogens with zero attached hydrogens (tertiary/aromatic N) is 5. The number of aliphatic hydroxyl groups excluding tert-OH is 1. The predicted octanol–water partition coefficient (Wildman–Crippen LogP) is 3.93. The summed E-state index contributed by atoms with van der Waals surface area (Å²) in [6.07, 6.45) is 8.56. The number of likely N-dealkylation sites (tertiary alicyclic amines) is 1. The molecule has 1 N–H and O–H groups in total. The molecule has 6 atom stereocenters. The fraction of sp³-hybridized carbons (Fsp3) is 0.581. The highest BCUT2D eigenvalue weighted by Crippen LogP contribution is 2.68. The Labute approximate surface area is 265 Å². The summed E-state index contributed by atoms with van der Waals surface area (Å²) >= 11 is 5.42. The van der Waals surface area contributed by atoms with Crippen molar-refractivity contribution in [1.29, 1.82) is 0 Å². The number of carbonyl (C=O) groups excluding carboxylic acids is 3. The monoisotopic (exact) mass is 673 g/mol. The quantitative estimate of drug-likeness (QED) is 0.123. The van der Waals surface area contributed by atoms with E-state index in [1.807, 2.05) is 24.3 Å². The number of aliphatic hydroxyl groups is 1. The van der Waals surface area contributed by atoms with Gasteiger partial charge in [0.1, 0.15) is 18.2 Å². The Bertz CT molecular complexity index is 1350. The van der Waals surface area contributed by atoms with Gasteiger partial charge in [0.2, 0.25) is 11.8 Å². The molecular formula is C31H40BrN5O5S. The van der Waals surface area contributed by atoms with E-state index in [1.54, 1.807) is 38.4 Å². The molecule has 4 heterocycles. The number of allylic oxidation sites excluding steroid dienone is 1. The number of hydrogen-bond donors (Lipinski definition) is 1. The van der Waals surface area contributed by atoms with Crippen LogP contribution in [0.3, 0.4) is 0 Å². The molecule has 1 aromatic carbocycles. The molecule has 1 aromatic heterocycles. The molecule has 5 rings (SSSR count). The van der Waals surface area contributed by atoms with Gasteiger partial charge in [-0.1, -0.05) is 58.3 Å². The largest absolute Gasteiger partial charge is 0.465 e. The summed E-state index contributed by atoms with van der Waals surface area (Å²) in [5.41, 5.74) is 1.54. The van der Waals surface area contributed by atoms with E-state index in [1.165, 1.54) is 0 Å². The number of aromatic nitrogens is 3. The lowest BCUT2D eigenvalue weighted by Crippen LogP contribution is -2.55. The number of fused-ring (bicyclic) bond motifs is 2. The average Bonchev–Trinajstić information content (AvgIpc) is 3.72. The fourth-order valence-corrected chi connectivity index (χ4v) is 10.5. The molecule has 3 saturated heterocycles. The Morgan fingerprint density at radius 3 is 2.74 bits per heavy atom. The third kappa shape index (κ3) is 6.02. The van der Waals surface area contributed by atoms with Crippen LogP contribution in [0.1, 0.15) is 44.9 Å². The second kappa shape index (κ2) is 13.9. The van der Waals surface area contributed by atoms with Gasteiger partial charge in [0.25, 0.3) is 0 Å². The second-order valence-electron chi connectivity index (χ2n) is 11.5. The maximum Gasteiger partial charge on any atom is 0.310 e. The summed E-state index contributed by atoms with van der Waals surface area (Å²) in [6.45, 7) is 8.85. The summed E-state index contributed by atoms with van der Waals surface area (Å²) in [4.78, 5) is 45.9. The van der Waals surface area contributed by atoms with Crippen LogP contribution in [0.25, 0.3) is 11.0 Å². The van der Waals surface area contributed by atoms with E-state index in [0.29, 0.717) is 32.2 Å². The van der Waals surface area contributed by atoms with E-state index in [4.69, 9.17) is 4.74 Å². The molecule has 0 radical (unpaired) electrons. The molecule has 10 nitrogen and oxygen atoms in total. The van der Waals surface area contributed by atoms with Crippen LogP contribution in [-0.4, -0.2) is 94.9 Å². The molecule has 3 unspecified atom stereocenters. The maximum atomic E-state index is 14.7. The number of hydrogen-bond acceptors (Lipinski definition) is 8. The number of rotatable bonds is 16. The first kappa shape index (κ1) is 31.7. The highest BCUT2D eigenvalue weighted by atomic mass is 79.9. The van der Waals surface area contributed by atoms with Gasteiger partial charge in [-0.25, -0.2) is 4.68 Å². The normalized spacial score (nSPS) is 27.4. The van der Waals surface area contributed by atoms with E-state index >= 15 is 0 Å². The van der Waals surface area contributed by atoms with Gasteiger partial charge in [-0.2, -0.15) is 0 Å². The van der Waals surface area contributed by atoms with E-state index < -0.39 is 22.6 Å². The number of alkyl halides is 1. The fourth-order valence-electron chi connectivity index (χ4n) is 6.89. The van der Waals surface area contributed by atoms with Gasteiger partial charge in [0.05, 0.1) is 28.7 Å². The van der Waals surface area contributed by atoms with Crippen molar-refractivity contribution in [3.8, 4) is 0 Å². The van der Waals surface area contributed by atoms with Crippen molar-refractivity contribution in [1.82, 2.24) is 24.8 Å². The first-order chi connectivity index (χ1) is 20.9. The van der Waals surface area contributed by atoms with Gasteiger partial charge >= 0.3 is 5.97 Å². The Morgan fingerprint density at radius 2 is 1.98 bits per heavy atom. The highest BCUT2D eigenvalue weighted by Gasteiger charge is 2.76. The predicted molar refractivity (Wildman–Crippen MR) is 169 cm³/mol. The summed E-state index contributed by atoms with van der Waals surface area (Å²) in [7, 11) is 0. The van der Waals surface area contributed by atoms with E-state index in [0.717, 1.165) is 30.3 Å². The molecule has 0 saturated carbocycles. The number of ether oxygens (including phenoxy) is 1. The number of thioether (sulfide) groups is 1. The number of amides is 2. The van der Waals surface area contributed by atoms with Gasteiger partial charge in [-0.15, -0.1) is 30.0 Å². The lowest BCUT2D eigenvalue weighted by atomic mass is 9.71. The van der Waals surface area contributed by atoms with Crippen LogP contribution in [0.5, 0.6) is 0 Å². The van der Waals surface area contributed by atoms with Crippen molar-refractivity contribution in [3.05, 3.63) is 49.6 Å². The van der Waals surface area contributed by atoms with Crippen LogP contribution in [0.2, 0.25) is 0 Å². The lowest BCUT2D eigenvalue weighted by Gasteiger charge is -2.37. The molecule has 2 bridgehead atoms. The van der Waals surface area contributed by atoms with Crippen LogP contribution < -0.4 is 0 Å². The van der Waals surface area contributed by atoms with Crippen molar-refractivity contribution >= 4 is 56.5 Å². The van der Waals surface area contributed by atoms with E-state index in [2.05, 4.69) is 39.4 Å². The van der Waals surface area contributed by atoms with Gasteiger partial charge in [-0.3, -0.25) is 14.4 Å². The minimum Gasteiger partial charge on any atom is -0.465 e. The van der Waals surface area contributed by atoms with Crippen LogP contribution in [0, 0.1) is 11.8 Å². The molecule has 232 valence electrons. The van der Waals surface area contributed by atoms with Gasteiger partial charge in [0.15, 0.2) is 0 Å². The molecule has 43 heavy (non-hydrogen) atoms. The number of esters is 1. The maximum absolute atomic E-state index is 14.7. The van der Waals surface area contributed by atoms with Gasteiger partial charge < -0.3 is 19.6 Å². The third-order valence-corrected chi connectivity index (χ3v) is 12.0. The van der Waals surface area contributed by atoms with Crippen LogP contribution >= 0.6 is 27.7 Å². The third-order valence-electron chi connectivity index (χ3n) is 8.79. The van der Waals surface area contributed by atoms with E-state index in [9.17, 15) is 19.5 Å². The van der Waals surface area contributed by atoms with Crippen molar-refractivity contribution in [2.45, 2.75) is 72.5 Å². The van der Waals surface area contributed by atoms with Crippen molar-refractivity contribution in [2.24, 2.45) is 11.8 Å². The van der Waals surface area contributed by atoms with Gasteiger partial charge in [-0.05, 0) is 44.2 Å². The minimum absolute atomic E-state index is 0.0285. The average molecular weight is 675 g/mol. The Balaban J connectivity index is 1.46. The zero-order chi connectivity index (χ0) is 30.6. The summed E-state index contributed by atoms with van der Waals surface area (Å²) in [6, 6.07) is 6.83. The second-order valence-corrected chi connectivity index (χ2v) is 14.2. The van der Waals surface area contributed by atoms with E-state index in [-0.39, 0.29) is 54.3 Å². The number of benzene rings is 1. The molecule has 1 spiro atoms. The molecule has 2 amide bonds. The minimum atomic E-state index is -0.757. The topological polar surface area (TPSA) is 118 Å². The SMILES string of the molecule is C=CCCCOC(=O)[C@H]1[C@@H]2SC3(CC2Br)C(C(=O)N(CC=C)Cn2nnc4ccccc42)N(CCCCCCO)C(=O)[C@H]13. The standard InChI is InChI=1S/C31H40BrN5O5S/c1-3-5-12-18-42-30(41)24-25-28(39)36(16-10-6-7-11-17-38)27(31(25)19-21(32)26(24)43-31)29(40)35(15-4-2)20-37-23-14-9-8-13-22(23)33-34-37/h3-4,8-9,13-14,21,24-27,38H,1-2,5-7,10-12,15-20H2/t21?,24-,25+,26-,27?,31?/m1/s1. The smallest absolute Gasteiger partial charge is 0.310 e. The van der Waals surface area contributed by atoms with Gasteiger partial charge in [0, 0.05) is 29.8 Å². The molecule has 2 aromatic rings. The number of carbonyl (C=O) groups is 3. The Morgan fingerprint density at radius 1 is 1.19 bits per heavy atom. The first-order valence-corrected chi connectivity index (χ1v) is 16.9. The molecule has 3 aliphatic heterocycles. The Hall–Kier alpha value is -2.70. The molecule has 12 heteroatoms. The zero-order valence-corrected chi connectivity index (χ0v) is 26.8. The Kier molecular flexibility index (Phi) is 10.3. The molecular weight excluding hydrogens is 634 g/mol.